The minimum atomic E-state index is 0.735. The smallest absolute Gasteiger partial charge is 0.128 e. The molecule has 4 aromatic rings. The first-order chi connectivity index (χ1) is 12.8. The van der Waals surface area contributed by atoms with Gasteiger partial charge in [0, 0.05) is 10.9 Å². The highest BCUT2D eigenvalue weighted by Crippen LogP contribution is 2.36. The third-order valence-corrected chi connectivity index (χ3v) is 5.39. The number of unbranched alkanes of at least 4 members (excludes halogenated alkanes) is 1. The second-order valence-electron chi connectivity index (χ2n) is 6.32. The van der Waals surface area contributed by atoms with Crippen LogP contribution in [0.5, 0.6) is 11.5 Å². The molecule has 0 bridgehead atoms. The van der Waals surface area contributed by atoms with Crippen molar-refractivity contribution >= 4 is 22.2 Å². The normalized spacial score (nSPS) is 11.1. The van der Waals surface area contributed by atoms with Crippen LogP contribution in [0.15, 0.2) is 66.0 Å². The largest absolute Gasteiger partial charge is 0.457 e. The zero-order chi connectivity index (χ0) is 17.8. The van der Waals surface area contributed by atoms with Crippen molar-refractivity contribution in [1.82, 2.24) is 4.98 Å². The Labute approximate surface area is 157 Å². The highest BCUT2D eigenvalue weighted by Gasteiger charge is 2.14. The van der Waals surface area contributed by atoms with Crippen LogP contribution in [0.25, 0.3) is 21.5 Å². The fourth-order valence-electron chi connectivity index (χ4n) is 3.25. The van der Waals surface area contributed by atoms with E-state index in [0.29, 0.717) is 0 Å². The molecular weight excluding hydrogens is 340 g/mol. The molecule has 3 N–H and O–H groups in total. The maximum atomic E-state index is 6.04. The Morgan fingerprint density at radius 1 is 0.923 bits per heavy atom. The van der Waals surface area contributed by atoms with Crippen LogP contribution in [-0.4, -0.2) is 11.5 Å². The van der Waals surface area contributed by atoms with Crippen LogP contribution in [0.1, 0.15) is 18.4 Å². The number of hydrogen-bond acceptors (Lipinski definition) is 3. The van der Waals surface area contributed by atoms with E-state index in [-0.39, 0.29) is 0 Å². The molecule has 4 rings (SSSR count). The molecule has 2 aromatic heterocycles. The van der Waals surface area contributed by atoms with Crippen molar-refractivity contribution in [3.05, 3.63) is 71.6 Å². The van der Waals surface area contributed by atoms with Crippen molar-refractivity contribution in [2.45, 2.75) is 19.3 Å². The number of thiophene rings is 1. The number of H-pyrrole nitrogens is 1. The number of aromatic amines is 1. The van der Waals surface area contributed by atoms with Crippen molar-refractivity contribution in [1.29, 1.82) is 0 Å². The van der Waals surface area contributed by atoms with Crippen LogP contribution in [0.4, 0.5) is 0 Å². The molecular formula is C22H22N2OS. The van der Waals surface area contributed by atoms with Crippen LogP contribution in [0.3, 0.4) is 0 Å². The number of nitrogens with one attached hydrogen (secondary N) is 1. The summed E-state index contributed by atoms with van der Waals surface area (Å²) < 4.78 is 6.04. The first-order valence-corrected chi connectivity index (χ1v) is 9.84. The lowest BCUT2D eigenvalue weighted by Gasteiger charge is -2.07. The second kappa shape index (κ2) is 7.77. The summed E-state index contributed by atoms with van der Waals surface area (Å²) in [5.74, 6) is 1.71. The zero-order valence-electron chi connectivity index (χ0n) is 14.6. The molecule has 0 saturated carbocycles. The predicted molar refractivity (Wildman–Crippen MR) is 110 cm³/mol. The number of hydrogen-bond donors (Lipinski definition) is 2. The quantitative estimate of drug-likeness (QED) is 0.398. The number of aromatic nitrogens is 1. The van der Waals surface area contributed by atoms with E-state index in [2.05, 4.69) is 34.6 Å². The topological polar surface area (TPSA) is 51.0 Å². The van der Waals surface area contributed by atoms with Gasteiger partial charge in [0.25, 0.3) is 0 Å². The van der Waals surface area contributed by atoms with Gasteiger partial charge >= 0.3 is 0 Å². The highest BCUT2D eigenvalue weighted by atomic mass is 32.1. The highest BCUT2D eigenvalue weighted by molar-refractivity contribution is 7.13. The monoisotopic (exact) mass is 362 g/mol. The summed E-state index contributed by atoms with van der Waals surface area (Å²) in [7, 11) is 0. The molecule has 0 atom stereocenters. The van der Waals surface area contributed by atoms with Crippen molar-refractivity contribution in [3.8, 4) is 22.1 Å². The Kier molecular flexibility index (Phi) is 5.04. The molecule has 2 aromatic carbocycles. The third-order valence-electron chi connectivity index (χ3n) is 4.50. The Balaban J connectivity index is 1.74. The van der Waals surface area contributed by atoms with Gasteiger partial charge in [-0.15, -0.1) is 11.3 Å². The van der Waals surface area contributed by atoms with Crippen molar-refractivity contribution < 1.29 is 4.74 Å². The summed E-state index contributed by atoms with van der Waals surface area (Å²) >= 11 is 1.76. The second-order valence-corrected chi connectivity index (χ2v) is 7.27. The van der Waals surface area contributed by atoms with E-state index in [1.807, 2.05) is 36.4 Å². The van der Waals surface area contributed by atoms with E-state index >= 15 is 0 Å². The van der Waals surface area contributed by atoms with Gasteiger partial charge < -0.3 is 15.5 Å². The average Bonchev–Trinajstić information content (AvgIpc) is 3.31. The molecule has 0 fully saturated rings. The van der Waals surface area contributed by atoms with Crippen molar-refractivity contribution in [2.24, 2.45) is 5.73 Å². The number of fused-ring (bicyclic) bond motifs is 1. The van der Waals surface area contributed by atoms with Gasteiger partial charge in [-0.05, 0) is 73.1 Å². The molecule has 4 heteroatoms. The standard InChI is InChI=1S/C22H22N2OS/c23-13-5-4-9-18-19-15-17(25-16-7-2-1-3-8-16)11-12-20(19)24-22(18)21-10-6-14-26-21/h1-3,6-8,10-12,14-15,24H,4-5,9,13,23H2. The molecule has 0 amide bonds. The van der Waals surface area contributed by atoms with Gasteiger partial charge in [0.1, 0.15) is 11.5 Å². The van der Waals surface area contributed by atoms with E-state index in [9.17, 15) is 0 Å². The van der Waals surface area contributed by atoms with Gasteiger partial charge in [-0.2, -0.15) is 0 Å². The van der Waals surface area contributed by atoms with Crippen LogP contribution >= 0.6 is 11.3 Å². The Morgan fingerprint density at radius 3 is 2.58 bits per heavy atom. The lowest BCUT2D eigenvalue weighted by atomic mass is 10.0. The molecule has 26 heavy (non-hydrogen) atoms. The van der Waals surface area contributed by atoms with Gasteiger partial charge in [0.15, 0.2) is 0 Å². The van der Waals surface area contributed by atoms with Gasteiger partial charge in [-0.1, -0.05) is 24.3 Å². The summed E-state index contributed by atoms with van der Waals surface area (Å²) in [6.07, 6.45) is 3.14. The van der Waals surface area contributed by atoms with Crippen molar-refractivity contribution in [3.63, 3.8) is 0 Å². The van der Waals surface area contributed by atoms with Gasteiger partial charge in [-0.3, -0.25) is 0 Å². The number of rotatable bonds is 7. The van der Waals surface area contributed by atoms with E-state index in [1.54, 1.807) is 11.3 Å². The van der Waals surface area contributed by atoms with Crippen LogP contribution in [-0.2, 0) is 6.42 Å². The maximum Gasteiger partial charge on any atom is 0.128 e. The van der Waals surface area contributed by atoms with Gasteiger partial charge in [0.2, 0.25) is 0 Å². The summed E-state index contributed by atoms with van der Waals surface area (Å²) in [5.41, 5.74) is 9.43. The number of para-hydroxylation sites is 1. The van der Waals surface area contributed by atoms with Crippen molar-refractivity contribution in [2.75, 3.05) is 6.54 Å². The van der Waals surface area contributed by atoms with Crippen LogP contribution in [0.2, 0.25) is 0 Å². The average molecular weight is 362 g/mol. The van der Waals surface area contributed by atoms with Gasteiger partial charge in [0.05, 0.1) is 10.6 Å². The zero-order valence-corrected chi connectivity index (χ0v) is 15.4. The molecule has 0 unspecified atom stereocenters. The summed E-state index contributed by atoms with van der Waals surface area (Å²) in [4.78, 5) is 4.88. The van der Waals surface area contributed by atoms with E-state index in [1.165, 1.54) is 21.5 Å². The Bertz CT molecular complexity index is 974. The molecule has 3 nitrogen and oxygen atoms in total. The molecule has 2 heterocycles. The first kappa shape index (κ1) is 16.9. The molecule has 0 aliphatic rings. The van der Waals surface area contributed by atoms with E-state index in [4.69, 9.17) is 10.5 Å². The SMILES string of the molecule is NCCCCc1c(-c2cccs2)[nH]c2ccc(Oc3ccccc3)cc12. The van der Waals surface area contributed by atoms with E-state index in [0.717, 1.165) is 42.8 Å². The van der Waals surface area contributed by atoms with Gasteiger partial charge in [-0.25, -0.2) is 0 Å². The first-order valence-electron chi connectivity index (χ1n) is 8.96. The number of nitrogens with two attached hydrogens (primary N) is 1. The fourth-order valence-corrected chi connectivity index (χ4v) is 4.00. The molecule has 0 radical (unpaired) electrons. The lowest BCUT2D eigenvalue weighted by molar-refractivity contribution is 0.483. The molecule has 132 valence electrons. The van der Waals surface area contributed by atoms with Crippen LogP contribution in [0, 0.1) is 0 Å². The maximum absolute atomic E-state index is 6.04. The molecule has 0 saturated heterocycles. The Hall–Kier alpha value is -2.56. The summed E-state index contributed by atoms with van der Waals surface area (Å²) in [6, 6.07) is 20.4. The third kappa shape index (κ3) is 3.52. The minimum absolute atomic E-state index is 0.735. The molecule has 0 aliphatic carbocycles. The minimum Gasteiger partial charge on any atom is -0.457 e. The Morgan fingerprint density at radius 2 is 1.81 bits per heavy atom. The summed E-state index contributed by atoms with van der Waals surface area (Å²) in [5, 5.41) is 3.35. The fraction of sp³-hybridized carbons (Fsp3) is 0.182. The molecule has 0 aliphatic heterocycles. The number of aryl methyl sites for hydroxylation is 1. The molecule has 0 spiro atoms. The summed E-state index contributed by atoms with van der Waals surface area (Å²) in [6.45, 7) is 0.735. The predicted octanol–water partition coefficient (Wildman–Crippen LogP) is 5.97. The van der Waals surface area contributed by atoms with E-state index < -0.39 is 0 Å². The number of ether oxygens (including phenoxy) is 1. The van der Waals surface area contributed by atoms with Crippen LogP contribution < -0.4 is 10.5 Å². The number of benzene rings is 2. The lowest BCUT2D eigenvalue weighted by Crippen LogP contribution is -1.99.